The van der Waals surface area contributed by atoms with Crippen molar-refractivity contribution in [2.45, 2.75) is 37.4 Å². The zero-order chi connectivity index (χ0) is 22.0. The molecule has 0 unspecified atom stereocenters. The number of benzene rings is 3. The molecule has 1 atom stereocenters. The molecule has 3 aromatic carbocycles. The summed E-state index contributed by atoms with van der Waals surface area (Å²) in [6, 6.07) is 20.8. The van der Waals surface area contributed by atoms with Crippen LogP contribution in [0.5, 0.6) is 0 Å². The average Bonchev–Trinajstić information content (AvgIpc) is 2.76. The second-order valence-electron chi connectivity index (χ2n) is 7.70. The molecule has 0 spiro atoms. The Hall–Kier alpha value is -2.67. The van der Waals surface area contributed by atoms with Gasteiger partial charge in [0.1, 0.15) is 6.04 Å². The summed E-state index contributed by atoms with van der Waals surface area (Å²) in [6.45, 7) is 2.28. The predicted octanol–water partition coefficient (Wildman–Crippen LogP) is 4.08. The number of fused-ring (bicyclic) bond motifs is 1. The fraction of sp³-hybridized carbons (Fsp3) is 0.208. The van der Waals surface area contributed by atoms with Gasteiger partial charge in [-0.05, 0) is 59.9 Å². The van der Waals surface area contributed by atoms with Crippen LogP contribution in [0.25, 0.3) is 0 Å². The maximum atomic E-state index is 13.5. The summed E-state index contributed by atoms with van der Waals surface area (Å²) in [4.78, 5) is 13.4. The molecule has 0 bridgehead atoms. The molecule has 0 saturated carbocycles. The maximum absolute atomic E-state index is 13.5. The third kappa shape index (κ3) is 4.66. The monoisotopic (exact) mass is 454 g/mol. The molecule has 1 aliphatic heterocycles. The molecule has 0 aromatic heterocycles. The predicted molar refractivity (Wildman–Crippen MR) is 121 cm³/mol. The van der Waals surface area contributed by atoms with E-state index in [4.69, 9.17) is 11.6 Å². The molecule has 1 aliphatic rings. The van der Waals surface area contributed by atoms with E-state index in [1.165, 1.54) is 4.31 Å². The summed E-state index contributed by atoms with van der Waals surface area (Å²) in [7, 11) is -3.86. The van der Waals surface area contributed by atoms with Crippen LogP contribution in [0.15, 0.2) is 77.7 Å². The van der Waals surface area contributed by atoms with Crippen molar-refractivity contribution in [2.75, 3.05) is 0 Å². The minimum absolute atomic E-state index is 0.154. The zero-order valence-corrected chi connectivity index (χ0v) is 18.7. The fourth-order valence-corrected chi connectivity index (χ4v) is 5.72. The molecule has 0 radical (unpaired) electrons. The van der Waals surface area contributed by atoms with Crippen LogP contribution in [0, 0.1) is 6.92 Å². The van der Waals surface area contributed by atoms with Gasteiger partial charge in [0.2, 0.25) is 15.9 Å². The number of nitrogens with zero attached hydrogens (tertiary/aromatic N) is 1. The van der Waals surface area contributed by atoms with Crippen LogP contribution in [-0.4, -0.2) is 24.7 Å². The number of hydrogen-bond acceptors (Lipinski definition) is 3. The van der Waals surface area contributed by atoms with E-state index in [2.05, 4.69) is 5.32 Å². The van der Waals surface area contributed by atoms with Gasteiger partial charge in [0.25, 0.3) is 0 Å². The van der Waals surface area contributed by atoms with Crippen LogP contribution in [0.1, 0.15) is 22.3 Å². The van der Waals surface area contributed by atoms with Gasteiger partial charge < -0.3 is 5.32 Å². The van der Waals surface area contributed by atoms with E-state index in [0.717, 1.165) is 22.3 Å². The third-order valence-corrected chi connectivity index (χ3v) is 7.55. The Labute approximate surface area is 187 Å². The number of carbonyl (C=O) groups is 1. The van der Waals surface area contributed by atoms with Gasteiger partial charge in [0.05, 0.1) is 4.90 Å². The van der Waals surface area contributed by atoms with E-state index in [1.807, 2.05) is 49.4 Å². The zero-order valence-electron chi connectivity index (χ0n) is 17.1. The number of amides is 1. The lowest BCUT2D eigenvalue weighted by atomic mass is 9.95. The molecule has 0 aliphatic carbocycles. The summed E-state index contributed by atoms with van der Waals surface area (Å²) in [6.07, 6.45) is 0.322. The maximum Gasteiger partial charge on any atom is 0.244 e. The summed E-state index contributed by atoms with van der Waals surface area (Å²) < 4.78 is 28.3. The summed E-state index contributed by atoms with van der Waals surface area (Å²) in [5.74, 6) is -0.328. The highest BCUT2D eigenvalue weighted by molar-refractivity contribution is 7.89. The van der Waals surface area contributed by atoms with Crippen LogP contribution >= 0.6 is 11.6 Å². The molecule has 0 saturated heterocycles. The topological polar surface area (TPSA) is 66.5 Å². The first-order chi connectivity index (χ1) is 14.8. The van der Waals surface area contributed by atoms with Crippen molar-refractivity contribution < 1.29 is 13.2 Å². The number of nitrogens with one attached hydrogen (secondary N) is 1. The molecule has 3 aromatic rings. The van der Waals surface area contributed by atoms with Crippen molar-refractivity contribution in [2.24, 2.45) is 0 Å². The molecule has 31 heavy (non-hydrogen) atoms. The van der Waals surface area contributed by atoms with Crippen LogP contribution in [-0.2, 0) is 34.3 Å². The van der Waals surface area contributed by atoms with Gasteiger partial charge in [-0.25, -0.2) is 8.42 Å². The normalized spacial score (nSPS) is 16.5. The second kappa shape index (κ2) is 8.83. The number of halogens is 1. The van der Waals surface area contributed by atoms with Crippen molar-refractivity contribution >= 4 is 27.5 Å². The Balaban J connectivity index is 1.65. The SMILES string of the molecule is Cc1cccc(S(=O)(=O)N2Cc3ccccc3C[C@H]2C(=O)NCc2cccc(Cl)c2)c1. The highest BCUT2D eigenvalue weighted by Crippen LogP contribution is 2.29. The lowest BCUT2D eigenvalue weighted by molar-refractivity contribution is -0.125. The highest BCUT2D eigenvalue weighted by Gasteiger charge is 2.39. The second-order valence-corrected chi connectivity index (χ2v) is 10.0. The van der Waals surface area contributed by atoms with Gasteiger partial charge in [-0.1, -0.05) is 60.1 Å². The first-order valence-electron chi connectivity index (χ1n) is 10.0. The smallest absolute Gasteiger partial charge is 0.244 e. The number of aryl methyl sites for hydroxylation is 1. The van der Waals surface area contributed by atoms with Gasteiger partial charge in [-0.2, -0.15) is 4.31 Å². The average molecular weight is 455 g/mol. The minimum atomic E-state index is -3.86. The molecule has 160 valence electrons. The van der Waals surface area contributed by atoms with Crippen molar-refractivity contribution in [1.82, 2.24) is 9.62 Å². The standard InChI is InChI=1S/C24H23ClN2O3S/c1-17-6-4-11-22(12-17)31(29,30)27-16-20-9-3-2-8-19(20)14-23(27)24(28)26-15-18-7-5-10-21(25)13-18/h2-13,23H,14-16H2,1H3,(H,26,28)/t23-/m0/s1. The third-order valence-electron chi connectivity index (χ3n) is 5.46. The number of carbonyl (C=O) groups excluding carboxylic acids is 1. The van der Waals surface area contributed by atoms with E-state index in [9.17, 15) is 13.2 Å². The van der Waals surface area contributed by atoms with E-state index < -0.39 is 16.1 Å². The molecular formula is C24H23ClN2O3S. The Morgan fingerprint density at radius 2 is 1.77 bits per heavy atom. The van der Waals surface area contributed by atoms with E-state index in [0.29, 0.717) is 11.4 Å². The molecule has 0 fully saturated rings. The summed E-state index contributed by atoms with van der Waals surface area (Å²) in [5.41, 5.74) is 3.60. The summed E-state index contributed by atoms with van der Waals surface area (Å²) >= 11 is 6.03. The van der Waals surface area contributed by atoms with Crippen LogP contribution in [0.4, 0.5) is 0 Å². The first kappa shape index (κ1) is 21.6. The molecule has 1 heterocycles. The van der Waals surface area contributed by atoms with E-state index >= 15 is 0 Å². The quantitative estimate of drug-likeness (QED) is 0.631. The lowest BCUT2D eigenvalue weighted by Crippen LogP contribution is -2.52. The van der Waals surface area contributed by atoms with Crippen molar-refractivity contribution in [3.8, 4) is 0 Å². The minimum Gasteiger partial charge on any atom is -0.351 e. The van der Waals surface area contributed by atoms with Gasteiger partial charge in [0, 0.05) is 18.1 Å². The van der Waals surface area contributed by atoms with Gasteiger partial charge >= 0.3 is 0 Å². The van der Waals surface area contributed by atoms with Crippen LogP contribution < -0.4 is 5.32 Å². The van der Waals surface area contributed by atoms with Crippen molar-refractivity contribution in [3.05, 3.63) is 100 Å². The Bertz CT molecular complexity index is 1230. The van der Waals surface area contributed by atoms with Crippen molar-refractivity contribution in [1.29, 1.82) is 0 Å². The lowest BCUT2D eigenvalue weighted by Gasteiger charge is -2.35. The molecular weight excluding hydrogens is 432 g/mol. The molecule has 4 rings (SSSR count). The van der Waals surface area contributed by atoms with Gasteiger partial charge in [-0.3, -0.25) is 4.79 Å². The van der Waals surface area contributed by atoms with E-state index in [1.54, 1.807) is 30.3 Å². The van der Waals surface area contributed by atoms with Crippen LogP contribution in [0.3, 0.4) is 0 Å². The Kier molecular flexibility index (Phi) is 6.14. The fourth-order valence-electron chi connectivity index (χ4n) is 3.84. The molecule has 5 nitrogen and oxygen atoms in total. The Morgan fingerprint density at radius 3 is 2.52 bits per heavy atom. The van der Waals surface area contributed by atoms with Crippen LogP contribution in [0.2, 0.25) is 5.02 Å². The van der Waals surface area contributed by atoms with Gasteiger partial charge in [-0.15, -0.1) is 0 Å². The number of hydrogen-bond donors (Lipinski definition) is 1. The number of sulfonamides is 1. The molecule has 1 amide bonds. The van der Waals surface area contributed by atoms with Gasteiger partial charge in [0.15, 0.2) is 0 Å². The Morgan fingerprint density at radius 1 is 1.03 bits per heavy atom. The van der Waals surface area contributed by atoms with Crippen molar-refractivity contribution in [3.63, 3.8) is 0 Å². The highest BCUT2D eigenvalue weighted by atomic mass is 35.5. The number of rotatable bonds is 5. The molecule has 1 N–H and O–H groups in total. The molecule has 7 heteroatoms. The first-order valence-corrected chi connectivity index (χ1v) is 11.8. The van der Waals surface area contributed by atoms with E-state index in [-0.39, 0.29) is 23.9 Å². The largest absolute Gasteiger partial charge is 0.351 e. The summed E-state index contributed by atoms with van der Waals surface area (Å²) in [5, 5.41) is 3.47.